The van der Waals surface area contributed by atoms with E-state index in [2.05, 4.69) is 18.7 Å². The normalized spacial score (nSPS) is 20.8. The van der Waals surface area contributed by atoms with Crippen LogP contribution in [-0.2, 0) is 6.54 Å². The minimum atomic E-state index is -0.509. The molecule has 0 saturated carbocycles. The highest BCUT2D eigenvalue weighted by Gasteiger charge is 2.46. The number of rotatable bonds is 6. The molecule has 1 amide bonds. The molecule has 3 heterocycles. The molecule has 196 valence electrons. The summed E-state index contributed by atoms with van der Waals surface area (Å²) >= 11 is 12.7. The molecule has 2 aliphatic rings. The fourth-order valence-corrected chi connectivity index (χ4v) is 6.49. The number of aliphatic hydroxyl groups excluding tert-OH is 1. The fraction of sp³-hybridized carbons (Fsp3) is 0.448. The number of nitrogens with zero attached hydrogens (tertiary/aromatic N) is 4. The van der Waals surface area contributed by atoms with Gasteiger partial charge < -0.3 is 5.11 Å². The first kappa shape index (κ1) is 26.2. The minimum Gasteiger partial charge on any atom is -0.379 e. The van der Waals surface area contributed by atoms with Crippen LogP contribution < -0.4 is 4.90 Å². The Kier molecular flexibility index (Phi) is 7.14. The number of aliphatic hydroxyl groups is 1. The van der Waals surface area contributed by atoms with Crippen LogP contribution in [0.4, 0.5) is 5.69 Å². The molecule has 0 spiro atoms. The number of aromatic nitrogens is 2. The summed E-state index contributed by atoms with van der Waals surface area (Å²) in [4.78, 5) is 18.1. The minimum absolute atomic E-state index is 0.126. The number of hydrogen-bond acceptors (Lipinski definition) is 4. The van der Waals surface area contributed by atoms with Gasteiger partial charge in [-0.15, -0.1) is 0 Å². The highest BCUT2D eigenvalue weighted by molar-refractivity contribution is 6.31. The van der Waals surface area contributed by atoms with Crippen LogP contribution in [0.3, 0.4) is 0 Å². The Balaban J connectivity index is 1.69. The Hall–Kier alpha value is -2.38. The Morgan fingerprint density at radius 3 is 2.43 bits per heavy atom. The second kappa shape index (κ2) is 10.1. The molecular weight excluding hydrogens is 507 g/mol. The number of carbonyl (C=O) groups is 1. The molecule has 1 N–H and O–H groups in total. The van der Waals surface area contributed by atoms with Crippen LogP contribution in [0.5, 0.6) is 0 Å². The van der Waals surface area contributed by atoms with Crippen molar-refractivity contribution in [2.45, 2.75) is 78.2 Å². The second-order valence-corrected chi connectivity index (χ2v) is 11.5. The maximum absolute atomic E-state index is 14.2. The molecule has 0 aliphatic carbocycles. The van der Waals surface area contributed by atoms with Crippen LogP contribution in [-0.4, -0.2) is 44.5 Å². The summed E-state index contributed by atoms with van der Waals surface area (Å²) in [7, 11) is 0. The number of likely N-dealkylation sites (tertiary alicyclic amines) is 1. The van der Waals surface area contributed by atoms with E-state index in [9.17, 15) is 9.90 Å². The van der Waals surface area contributed by atoms with Crippen molar-refractivity contribution in [3.63, 3.8) is 0 Å². The molecule has 8 heteroatoms. The zero-order chi connectivity index (χ0) is 26.6. The van der Waals surface area contributed by atoms with Crippen molar-refractivity contribution in [1.29, 1.82) is 0 Å². The van der Waals surface area contributed by atoms with E-state index in [4.69, 9.17) is 28.3 Å². The van der Waals surface area contributed by atoms with E-state index in [0.29, 0.717) is 22.3 Å². The van der Waals surface area contributed by atoms with Gasteiger partial charge in [0.15, 0.2) is 5.69 Å². The van der Waals surface area contributed by atoms with Gasteiger partial charge in [-0.25, -0.2) is 0 Å². The predicted octanol–water partition coefficient (Wildman–Crippen LogP) is 6.48. The van der Waals surface area contributed by atoms with Crippen LogP contribution in [0.2, 0.25) is 10.0 Å². The average Bonchev–Trinajstić information content (AvgIpc) is 3.50. The number of hydrogen-bond donors (Lipinski definition) is 1. The number of amides is 1. The summed E-state index contributed by atoms with van der Waals surface area (Å²) in [6, 6.07) is 11.3. The van der Waals surface area contributed by atoms with Gasteiger partial charge in [-0.05, 0) is 80.5 Å². The molecule has 6 nitrogen and oxygen atoms in total. The van der Waals surface area contributed by atoms with Gasteiger partial charge in [-0.1, -0.05) is 49.2 Å². The molecule has 0 radical (unpaired) electrons. The van der Waals surface area contributed by atoms with Gasteiger partial charge in [0.1, 0.15) is 6.23 Å². The van der Waals surface area contributed by atoms with Crippen molar-refractivity contribution in [3.05, 3.63) is 80.1 Å². The molecule has 2 aromatic carbocycles. The van der Waals surface area contributed by atoms with E-state index in [-0.39, 0.29) is 23.9 Å². The van der Waals surface area contributed by atoms with E-state index < -0.39 is 6.23 Å². The van der Waals surface area contributed by atoms with Crippen LogP contribution in [0.1, 0.15) is 84.0 Å². The zero-order valence-corrected chi connectivity index (χ0v) is 23.5. The molecule has 2 aliphatic heterocycles. The smallest absolute Gasteiger partial charge is 0.280 e. The van der Waals surface area contributed by atoms with Crippen molar-refractivity contribution in [2.75, 3.05) is 11.4 Å². The standard InChI is InChI=1S/C29H34Cl2N4O2/c1-16(2)27-25-26(32-34(27)15-22-7-6-12-33(22)19(5)36)29(37)35(24-14-21(31)9-8-17(24)3)28(25)23-11-10-20(30)13-18(23)4/h8-11,13-14,16,19,22,28,36H,6-7,12,15H2,1-5H3. The van der Waals surface area contributed by atoms with Crippen LogP contribution in [0.15, 0.2) is 36.4 Å². The molecule has 37 heavy (non-hydrogen) atoms. The monoisotopic (exact) mass is 540 g/mol. The summed E-state index contributed by atoms with van der Waals surface area (Å²) in [5, 5.41) is 16.5. The van der Waals surface area contributed by atoms with Crippen LogP contribution in [0.25, 0.3) is 0 Å². The largest absolute Gasteiger partial charge is 0.379 e. The molecule has 1 aromatic heterocycles. The Morgan fingerprint density at radius 2 is 1.76 bits per heavy atom. The first-order valence-electron chi connectivity index (χ1n) is 13.0. The number of anilines is 1. The number of halogens is 2. The molecule has 3 aromatic rings. The van der Waals surface area contributed by atoms with Crippen molar-refractivity contribution in [2.24, 2.45) is 0 Å². The first-order valence-corrected chi connectivity index (χ1v) is 13.7. The maximum Gasteiger partial charge on any atom is 0.280 e. The fourth-order valence-electron chi connectivity index (χ4n) is 6.10. The van der Waals surface area contributed by atoms with E-state index in [0.717, 1.165) is 53.0 Å². The van der Waals surface area contributed by atoms with Gasteiger partial charge in [0.2, 0.25) is 0 Å². The third kappa shape index (κ3) is 4.59. The molecular formula is C29H34Cl2N4O2. The van der Waals surface area contributed by atoms with Gasteiger partial charge in [-0.3, -0.25) is 19.3 Å². The summed E-state index contributed by atoms with van der Waals surface area (Å²) in [5.74, 6) is 0.0140. The van der Waals surface area contributed by atoms with Crippen molar-refractivity contribution in [3.8, 4) is 0 Å². The third-order valence-corrected chi connectivity index (χ3v) is 8.24. The lowest BCUT2D eigenvalue weighted by Gasteiger charge is -2.31. The topological polar surface area (TPSA) is 61.6 Å². The predicted molar refractivity (Wildman–Crippen MR) is 149 cm³/mol. The zero-order valence-electron chi connectivity index (χ0n) is 22.0. The summed E-state index contributed by atoms with van der Waals surface area (Å²) in [5.41, 5.74) is 6.28. The Morgan fingerprint density at radius 1 is 1.05 bits per heavy atom. The van der Waals surface area contributed by atoms with Gasteiger partial charge in [-0.2, -0.15) is 5.10 Å². The number of carbonyl (C=O) groups excluding carboxylic acids is 1. The summed E-state index contributed by atoms with van der Waals surface area (Å²) in [6.07, 6.45) is 1.53. The quantitative estimate of drug-likeness (QED) is 0.388. The van der Waals surface area contributed by atoms with E-state index >= 15 is 0 Å². The number of benzene rings is 2. The molecule has 3 atom stereocenters. The van der Waals surface area contributed by atoms with Gasteiger partial charge in [0.25, 0.3) is 5.91 Å². The van der Waals surface area contributed by atoms with E-state index in [1.54, 1.807) is 0 Å². The highest BCUT2D eigenvalue weighted by Crippen LogP contribution is 2.47. The molecule has 1 fully saturated rings. The maximum atomic E-state index is 14.2. The van der Waals surface area contributed by atoms with Crippen LogP contribution >= 0.6 is 23.2 Å². The molecule has 5 rings (SSSR count). The SMILES string of the molecule is Cc1cc(Cl)ccc1C1c2c(nn(CC3CCCN3C(C)O)c2C(C)C)C(=O)N1c1cc(Cl)ccc1C. The Bertz CT molecular complexity index is 1350. The second-order valence-electron chi connectivity index (χ2n) is 10.7. The van der Waals surface area contributed by atoms with Gasteiger partial charge in [0.05, 0.1) is 12.6 Å². The Labute approximate surface area is 228 Å². The first-order chi connectivity index (χ1) is 17.6. The number of fused-ring (bicyclic) bond motifs is 1. The van der Waals surface area contributed by atoms with E-state index in [1.807, 2.05) is 66.8 Å². The number of aryl methyl sites for hydroxylation is 2. The van der Waals surface area contributed by atoms with Crippen LogP contribution in [0, 0.1) is 13.8 Å². The van der Waals surface area contributed by atoms with Crippen molar-refractivity contribution in [1.82, 2.24) is 14.7 Å². The summed E-state index contributed by atoms with van der Waals surface area (Å²) < 4.78 is 2.03. The lowest BCUT2D eigenvalue weighted by molar-refractivity contribution is 0.00459. The molecule has 1 saturated heterocycles. The van der Waals surface area contributed by atoms with E-state index in [1.165, 1.54) is 0 Å². The van der Waals surface area contributed by atoms with Gasteiger partial charge in [0, 0.05) is 39.6 Å². The molecule has 0 bridgehead atoms. The lowest BCUT2D eigenvalue weighted by Crippen LogP contribution is -2.40. The highest BCUT2D eigenvalue weighted by atomic mass is 35.5. The average molecular weight is 542 g/mol. The van der Waals surface area contributed by atoms with Crippen molar-refractivity contribution >= 4 is 34.8 Å². The van der Waals surface area contributed by atoms with Gasteiger partial charge >= 0.3 is 0 Å². The lowest BCUT2D eigenvalue weighted by atomic mass is 9.91. The van der Waals surface area contributed by atoms with Crippen molar-refractivity contribution < 1.29 is 9.90 Å². The summed E-state index contributed by atoms with van der Waals surface area (Å²) in [6.45, 7) is 11.7. The third-order valence-electron chi connectivity index (χ3n) is 7.77. The molecule has 3 unspecified atom stereocenters.